The SMILES string of the molecule is O=S(O)OCCCCN1C(=CC2=[N+](CCCS(=O)(=O)[O-])C3C(CCC4CCCCC43)S2)OC2CCC(C3CCCCC3)CC21. The highest BCUT2D eigenvalue weighted by atomic mass is 32.2. The van der Waals surface area contributed by atoms with Crippen molar-refractivity contribution in [3.8, 4) is 0 Å². The number of hydrogen-bond donors (Lipinski definition) is 1. The molecule has 44 heavy (non-hydrogen) atoms. The molecule has 0 radical (unpaired) electrons. The molecule has 5 fully saturated rings. The van der Waals surface area contributed by atoms with Crippen molar-refractivity contribution in [3.05, 3.63) is 12.0 Å². The van der Waals surface area contributed by atoms with Gasteiger partial charge in [-0.3, -0.25) is 8.74 Å². The maximum absolute atomic E-state index is 11.5. The predicted molar refractivity (Wildman–Crippen MR) is 172 cm³/mol. The summed E-state index contributed by atoms with van der Waals surface area (Å²) in [6.45, 7) is 1.66. The standard InChI is InChI=1S/C32H52N2O7S3/c35-43(36)40-19-7-6-17-33-27-21-25(23-9-2-1-3-10-23)13-15-28(27)41-30(33)22-31-34(18-8-20-44(37,38)39)32-26-12-5-4-11-24(26)14-16-29(32)42-31/h22-29,32H,1-21H2,(H-,35,36,37,38,39). The molecule has 0 amide bonds. The van der Waals surface area contributed by atoms with Gasteiger partial charge in [0.05, 0.1) is 34.1 Å². The molecule has 2 aliphatic heterocycles. The van der Waals surface area contributed by atoms with E-state index in [2.05, 4.69) is 15.6 Å². The molecule has 0 aromatic rings. The molecule has 8 unspecified atom stereocenters. The van der Waals surface area contributed by atoms with Crippen LogP contribution in [0.4, 0.5) is 0 Å². The number of unbranched alkanes of at least 4 members (excludes halogenated alkanes) is 1. The van der Waals surface area contributed by atoms with Crippen LogP contribution < -0.4 is 0 Å². The Kier molecular flexibility index (Phi) is 11.4. The highest BCUT2D eigenvalue weighted by Gasteiger charge is 2.53. The molecule has 0 aromatic carbocycles. The fraction of sp³-hybridized carbons (Fsp3) is 0.906. The van der Waals surface area contributed by atoms with Gasteiger partial charge in [-0.2, -0.15) is 4.21 Å². The summed E-state index contributed by atoms with van der Waals surface area (Å²) in [5, 5.41) is 1.67. The molecule has 1 saturated heterocycles. The molecule has 2 heterocycles. The smallest absolute Gasteiger partial charge is 0.301 e. The van der Waals surface area contributed by atoms with Gasteiger partial charge in [0.25, 0.3) is 0 Å². The van der Waals surface area contributed by atoms with Crippen molar-refractivity contribution in [2.24, 2.45) is 23.7 Å². The van der Waals surface area contributed by atoms with Crippen LogP contribution in [0.5, 0.6) is 0 Å². The third-order valence-corrected chi connectivity index (χ3v) is 14.2. The van der Waals surface area contributed by atoms with Crippen molar-refractivity contribution in [3.63, 3.8) is 0 Å². The van der Waals surface area contributed by atoms with E-state index in [0.717, 1.165) is 49.4 Å². The first-order valence-corrected chi connectivity index (χ1v) is 20.9. The van der Waals surface area contributed by atoms with Crippen LogP contribution in [0.3, 0.4) is 0 Å². The molecule has 1 N–H and O–H groups in total. The number of thioether (sulfide) groups is 1. The number of ether oxygens (including phenoxy) is 1. The van der Waals surface area contributed by atoms with Gasteiger partial charge in [0.2, 0.25) is 5.04 Å². The van der Waals surface area contributed by atoms with Crippen LogP contribution >= 0.6 is 11.8 Å². The Hall–Kier alpha value is -0.660. The molecule has 6 aliphatic rings. The van der Waals surface area contributed by atoms with Gasteiger partial charge in [-0.1, -0.05) is 44.9 Å². The van der Waals surface area contributed by atoms with Crippen LogP contribution in [0.1, 0.15) is 109 Å². The summed E-state index contributed by atoms with van der Waals surface area (Å²) in [5.41, 5.74) is 0. The van der Waals surface area contributed by atoms with E-state index in [9.17, 15) is 17.2 Å². The molecule has 6 rings (SSSR count). The Morgan fingerprint density at radius 2 is 1.73 bits per heavy atom. The molecular formula is C32H52N2O7S3. The quantitative estimate of drug-likeness (QED) is 0.122. The van der Waals surface area contributed by atoms with E-state index in [4.69, 9.17) is 13.5 Å². The Morgan fingerprint density at radius 3 is 2.52 bits per heavy atom. The maximum atomic E-state index is 11.5. The third kappa shape index (κ3) is 8.06. The second kappa shape index (κ2) is 15.0. The van der Waals surface area contributed by atoms with Crippen LogP contribution in [0.2, 0.25) is 0 Å². The average Bonchev–Trinajstić information content (AvgIpc) is 3.53. The predicted octanol–water partition coefficient (Wildman–Crippen LogP) is 5.64. The molecule has 0 aromatic heterocycles. The monoisotopic (exact) mass is 672 g/mol. The van der Waals surface area contributed by atoms with E-state index in [0.29, 0.717) is 42.6 Å². The summed E-state index contributed by atoms with van der Waals surface area (Å²) in [4.78, 5) is 2.48. The summed E-state index contributed by atoms with van der Waals surface area (Å²) in [6.07, 6.45) is 22.2. The van der Waals surface area contributed by atoms with Gasteiger partial charge in [0.15, 0.2) is 11.9 Å². The zero-order valence-electron chi connectivity index (χ0n) is 26.1. The van der Waals surface area contributed by atoms with Gasteiger partial charge in [-0.05, 0) is 87.3 Å². The molecule has 8 atom stereocenters. The average molecular weight is 673 g/mol. The Bertz CT molecular complexity index is 1190. The topological polar surface area (TPSA) is 119 Å². The zero-order chi connectivity index (χ0) is 30.7. The number of nitrogens with zero attached hydrogens (tertiary/aromatic N) is 2. The van der Waals surface area contributed by atoms with Crippen molar-refractivity contribution < 1.29 is 35.2 Å². The van der Waals surface area contributed by atoms with Crippen LogP contribution in [0.25, 0.3) is 0 Å². The highest BCUT2D eigenvalue weighted by molar-refractivity contribution is 8.14. The first-order valence-electron chi connectivity index (χ1n) is 17.4. The molecule has 250 valence electrons. The molecule has 9 nitrogen and oxygen atoms in total. The van der Waals surface area contributed by atoms with Gasteiger partial charge in [0.1, 0.15) is 12.6 Å². The minimum Gasteiger partial charge on any atom is -0.748 e. The Labute approximate surface area is 271 Å². The van der Waals surface area contributed by atoms with Gasteiger partial charge >= 0.3 is 11.4 Å². The zero-order valence-corrected chi connectivity index (χ0v) is 28.5. The highest BCUT2D eigenvalue weighted by Crippen LogP contribution is 2.49. The summed E-state index contributed by atoms with van der Waals surface area (Å²) < 4.78 is 68.7. The molecule has 0 spiro atoms. The number of rotatable bonds is 12. The first-order chi connectivity index (χ1) is 21.3. The summed E-state index contributed by atoms with van der Waals surface area (Å²) in [5.74, 6) is 3.56. The van der Waals surface area contributed by atoms with Crippen molar-refractivity contribution in [2.45, 2.75) is 133 Å². The minimum absolute atomic E-state index is 0.179. The van der Waals surface area contributed by atoms with Crippen molar-refractivity contribution in [1.29, 1.82) is 0 Å². The third-order valence-electron chi connectivity index (χ3n) is 11.6. The van der Waals surface area contributed by atoms with Gasteiger partial charge in [0, 0.05) is 24.6 Å². The summed E-state index contributed by atoms with van der Waals surface area (Å²) >= 11 is -0.287. The van der Waals surface area contributed by atoms with E-state index in [1.165, 1.54) is 82.1 Å². The van der Waals surface area contributed by atoms with Crippen LogP contribution in [0, 0.1) is 23.7 Å². The largest absolute Gasteiger partial charge is 0.748 e. The fourth-order valence-corrected chi connectivity index (χ4v) is 11.9. The molecule has 0 bridgehead atoms. The molecule has 4 aliphatic carbocycles. The maximum Gasteiger partial charge on any atom is 0.301 e. The van der Waals surface area contributed by atoms with E-state index >= 15 is 0 Å². The van der Waals surface area contributed by atoms with E-state index in [1.54, 1.807) is 0 Å². The Morgan fingerprint density at radius 1 is 0.977 bits per heavy atom. The van der Waals surface area contributed by atoms with Crippen LogP contribution in [-0.2, 0) is 30.4 Å². The normalized spacial score (nSPS) is 36.2. The fourth-order valence-electron chi connectivity index (χ4n) is 9.64. The first kappa shape index (κ1) is 33.2. The van der Waals surface area contributed by atoms with Gasteiger partial charge in [-0.15, -0.1) is 0 Å². The summed E-state index contributed by atoms with van der Waals surface area (Å²) in [6, 6.07) is 0.732. The van der Waals surface area contributed by atoms with E-state index in [-0.39, 0.29) is 18.5 Å². The number of fused-ring (bicyclic) bond motifs is 4. The van der Waals surface area contributed by atoms with Crippen LogP contribution in [0.15, 0.2) is 12.0 Å². The van der Waals surface area contributed by atoms with E-state index < -0.39 is 21.5 Å². The van der Waals surface area contributed by atoms with Crippen molar-refractivity contribution >= 4 is 38.3 Å². The van der Waals surface area contributed by atoms with Gasteiger partial charge in [-0.25, -0.2) is 13.0 Å². The van der Waals surface area contributed by atoms with Crippen molar-refractivity contribution in [2.75, 3.05) is 25.4 Å². The second-order valence-electron chi connectivity index (χ2n) is 14.2. The summed E-state index contributed by atoms with van der Waals surface area (Å²) in [7, 11) is -4.25. The lowest BCUT2D eigenvalue weighted by atomic mass is 9.68. The molecule has 12 heteroatoms. The second-order valence-corrected chi connectivity index (χ2v) is 17.6. The molecular weight excluding hydrogens is 621 g/mol. The van der Waals surface area contributed by atoms with Crippen molar-refractivity contribution in [1.82, 2.24) is 4.90 Å². The molecule has 4 saturated carbocycles. The lowest BCUT2D eigenvalue weighted by Gasteiger charge is -2.40. The lowest BCUT2D eigenvalue weighted by molar-refractivity contribution is -0.572. The van der Waals surface area contributed by atoms with Gasteiger partial charge < -0.3 is 14.2 Å². The number of hydrogen-bond acceptors (Lipinski definition) is 8. The minimum atomic E-state index is -4.25. The van der Waals surface area contributed by atoms with E-state index in [1.807, 2.05) is 11.8 Å². The van der Waals surface area contributed by atoms with Crippen LogP contribution in [-0.4, -0.2) is 85.1 Å². The Balaban J connectivity index is 1.25. The lowest BCUT2D eigenvalue weighted by Crippen LogP contribution is -2.46.